The van der Waals surface area contributed by atoms with E-state index in [1.165, 1.54) is 57.8 Å². The average Bonchev–Trinajstić information content (AvgIpc) is 0.878. The Labute approximate surface area is 713 Å². The molecule has 0 fully saturated rings. The molecule has 0 aromatic rings. The first-order valence-electron chi connectivity index (χ1n) is 42.2. The second-order valence-corrected chi connectivity index (χ2v) is 48.8. The minimum atomic E-state index is -2.44. The lowest BCUT2D eigenvalue weighted by molar-refractivity contribution is 0.0707. The normalized spacial score (nSPS) is 12.6. The quantitative estimate of drug-likeness (QED) is 0.0437. The summed E-state index contributed by atoms with van der Waals surface area (Å²) in [7, 11) is 22.7. The van der Waals surface area contributed by atoms with Gasteiger partial charge in [-0.05, 0) is 130 Å². The largest absolute Gasteiger partial charge is 0.500 e. The first-order valence-corrected chi connectivity index (χ1v) is 56.3. The molecule has 0 aromatic heterocycles. The van der Waals surface area contributed by atoms with Crippen molar-refractivity contribution in [2.75, 3.05) is 282 Å². The van der Waals surface area contributed by atoms with E-state index in [4.69, 9.17) is 126 Å². The van der Waals surface area contributed by atoms with E-state index >= 15 is 0 Å². The second kappa shape index (κ2) is 93.5. The molecule has 0 aliphatic heterocycles. The van der Waals surface area contributed by atoms with Crippen molar-refractivity contribution >= 4 is 61.4 Å². The lowest BCUT2D eigenvalue weighted by Gasteiger charge is -2.28. The van der Waals surface area contributed by atoms with E-state index in [-0.39, 0.29) is 0 Å². The third-order valence-electron chi connectivity index (χ3n) is 19.1. The second-order valence-electron chi connectivity index (χ2n) is 27.3. The van der Waals surface area contributed by atoms with Gasteiger partial charge in [-0.3, -0.25) is 4.90 Å². The summed E-state index contributed by atoms with van der Waals surface area (Å²) in [6.07, 6.45) is 22.9. The molecule has 0 rings (SSSR count). The monoisotopic (exact) mass is 1800 g/mol. The molecular weight excluding hydrogens is 1610 g/mol. The predicted octanol–water partition coefficient (Wildman–Crippen LogP) is 14.6. The maximum absolute atomic E-state index is 5.78. The van der Waals surface area contributed by atoms with Gasteiger partial charge in [0.2, 0.25) is 0 Å². The van der Waals surface area contributed by atoms with Gasteiger partial charge in [-0.2, -0.15) is 0 Å². The van der Waals surface area contributed by atoms with Crippen LogP contribution < -0.4 is 5.32 Å². The van der Waals surface area contributed by atoms with Gasteiger partial charge in [-0.1, -0.05) is 84.5 Å². The molecule has 0 aliphatic rings. The molecule has 2 atom stereocenters. The van der Waals surface area contributed by atoms with E-state index in [1.807, 2.05) is 34.6 Å². The van der Waals surface area contributed by atoms with E-state index in [9.17, 15) is 0 Å². The van der Waals surface area contributed by atoms with Crippen LogP contribution in [0.4, 0.5) is 0 Å². The molecule has 704 valence electrons. The molecular formula is C78H186N2O28Si7. The van der Waals surface area contributed by atoms with Crippen LogP contribution in [-0.4, -0.2) is 348 Å². The molecule has 30 nitrogen and oxygen atoms in total. The number of unbranched alkanes of at least 4 members (excludes halogenated alkanes) is 11. The zero-order valence-corrected chi connectivity index (χ0v) is 86.9. The number of ether oxygens (including phenoxy) is 8. The van der Waals surface area contributed by atoms with Crippen LogP contribution in [-0.2, 0) is 126 Å². The maximum atomic E-state index is 5.78. The number of rotatable bonds is 77. The van der Waals surface area contributed by atoms with Gasteiger partial charge in [-0.15, -0.1) is 0 Å². The molecule has 0 radical (unpaired) electrons. The minimum Gasteiger partial charge on any atom is -0.398 e. The lowest BCUT2D eigenvalue weighted by Crippen LogP contribution is -2.46. The molecule has 0 heterocycles. The van der Waals surface area contributed by atoms with Crippen LogP contribution in [0.1, 0.15) is 177 Å². The van der Waals surface area contributed by atoms with Crippen LogP contribution >= 0.6 is 0 Å². The third-order valence-corrected chi connectivity index (χ3v) is 39.9. The van der Waals surface area contributed by atoms with Crippen molar-refractivity contribution in [2.24, 2.45) is 11.8 Å². The van der Waals surface area contributed by atoms with Gasteiger partial charge in [-0.25, -0.2) is 0 Å². The molecule has 0 aromatic carbocycles. The van der Waals surface area contributed by atoms with E-state index in [2.05, 4.69) is 30.6 Å². The van der Waals surface area contributed by atoms with Crippen LogP contribution in [0.5, 0.6) is 0 Å². The van der Waals surface area contributed by atoms with Gasteiger partial charge in [0.15, 0.2) is 0 Å². The van der Waals surface area contributed by atoms with E-state index in [0.29, 0.717) is 31.7 Å². The van der Waals surface area contributed by atoms with Crippen molar-refractivity contribution < 1.29 is 126 Å². The summed E-state index contributed by atoms with van der Waals surface area (Å²) in [5.41, 5.74) is 0. The zero-order chi connectivity index (χ0) is 88.6. The Bertz CT molecular complexity index is 1780. The van der Waals surface area contributed by atoms with Crippen LogP contribution in [0.25, 0.3) is 0 Å². The van der Waals surface area contributed by atoms with Crippen molar-refractivity contribution in [3.05, 3.63) is 0 Å². The molecule has 0 saturated carbocycles. The van der Waals surface area contributed by atoms with Crippen molar-refractivity contribution in [1.82, 2.24) is 10.2 Å². The van der Waals surface area contributed by atoms with Crippen LogP contribution in [0.3, 0.4) is 0 Å². The van der Waals surface area contributed by atoms with Crippen molar-refractivity contribution in [1.29, 1.82) is 0 Å². The summed E-state index contributed by atoms with van der Waals surface area (Å²) in [6.45, 7) is 31.2. The van der Waals surface area contributed by atoms with Gasteiger partial charge < -0.3 is 132 Å². The first-order chi connectivity index (χ1) is 55.4. The summed E-state index contributed by atoms with van der Waals surface area (Å²) in [6, 6.07) is 6.31. The first kappa shape index (κ1) is 128. The van der Waals surface area contributed by atoms with Gasteiger partial charge >= 0.3 is 61.4 Å². The van der Waals surface area contributed by atoms with E-state index < -0.39 is 61.4 Å². The Morgan fingerprint density at radius 1 is 0.243 bits per heavy atom. The SMILES string of the molecule is CCOCCCCC(C)C[Si](OC)(OC)OC.CCOCCCCCC[Si](OC)(OC)OC.CCO[Si](CCCNCCOC)(OCC)OCC.COCCCCC(C)C[Si](OC)(OC)OC.COCCCCCC[Si](C)(OC)OC.COCCCCCC[Si](OC)(OC)OC.COCCN(CCC[Si](OC)(OC)OC)CCOC. The highest BCUT2D eigenvalue weighted by Crippen LogP contribution is 2.26. The molecule has 2 unspecified atom stereocenters. The van der Waals surface area contributed by atoms with E-state index in [0.717, 1.165) is 212 Å². The summed E-state index contributed by atoms with van der Waals surface area (Å²) in [5, 5.41) is 3.32. The number of hydrogen-bond acceptors (Lipinski definition) is 30. The standard InChI is InChI=1S/C12H29NO5Si.C12H29NO4Si.C12H28O4Si.2C11H26O4Si.C10H24O4Si.C10H24O3Si/c1-14-10-8-13(9-11-15-2)7-6-12-19(16-3,17-4)18-5;1-5-15-18(16-6-2,17-7-3)12-8-9-13-10-11-14-4;1-6-16-10-8-7-9-12(2)11-17(13-3,14-4)15-5;1-11(8-6-7-9-12-2)10-16(13-3,14-4)15-5;1-5-15-10-8-6-7-9-11-16(12-2,13-3)14-4;1-11-9-7-5-6-8-10-15(12-2,13-3)14-4;1-11-9-7-5-6-8-10-14(4,12-2)13-3/h6-12H2,1-5H3;13H,5-12H2,1-4H3;12H,6-11H2,1-5H3;11H,6-10H2,1-5H3;5-11H2,1-4H3;5-10H2,1-4H3;5-10H2,1-4H3. The highest BCUT2D eigenvalue weighted by atomic mass is 28.4. The van der Waals surface area contributed by atoms with Gasteiger partial charge in [0.25, 0.3) is 0 Å². The topological polar surface area (TPSA) is 274 Å². The highest BCUT2D eigenvalue weighted by Gasteiger charge is 2.43. The molecule has 115 heavy (non-hydrogen) atoms. The van der Waals surface area contributed by atoms with Crippen molar-refractivity contribution in [3.8, 4) is 0 Å². The van der Waals surface area contributed by atoms with Crippen LogP contribution in [0.15, 0.2) is 0 Å². The fourth-order valence-electron chi connectivity index (χ4n) is 11.7. The Morgan fingerprint density at radius 3 is 0.817 bits per heavy atom. The summed E-state index contributed by atoms with van der Waals surface area (Å²) in [5.74, 6) is 1.12. The lowest BCUT2D eigenvalue weighted by atomic mass is 10.1. The van der Waals surface area contributed by atoms with Gasteiger partial charge in [0, 0.05) is 285 Å². The number of methoxy groups -OCH3 is 6. The summed E-state index contributed by atoms with van der Waals surface area (Å²) < 4.78 is 150. The van der Waals surface area contributed by atoms with Gasteiger partial charge in [0.1, 0.15) is 0 Å². The predicted molar refractivity (Wildman–Crippen MR) is 478 cm³/mol. The van der Waals surface area contributed by atoms with Crippen LogP contribution in [0, 0.1) is 11.8 Å². The fraction of sp³-hybridized carbons (Fsp3) is 1.00. The van der Waals surface area contributed by atoms with E-state index in [1.54, 1.807) is 164 Å². The summed E-state index contributed by atoms with van der Waals surface area (Å²) in [4.78, 5) is 2.31. The molecule has 0 bridgehead atoms. The number of hydrogen-bond donors (Lipinski definition) is 1. The third kappa shape index (κ3) is 75.4. The Balaban J connectivity index is -0.000000237. The minimum absolute atomic E-state index is 0.558. The molecule has 37 heteroatoms. The van der Waals surface area contributed by atoms with Gasteiger partial charge in [0.05, 0.1) is 19.8 Å². The van der Waals surface area contributed by atoms with Crippen molar-refractivity contribution in [3.63, 3.8) is 0 Å². The average molecular weight is 1800 g/mol. The summed E-state index contributed by atoms with van der Waals surface area (Å²) >= 11 is 0. The fourth-order valence-corrected chi connectivity index (χ4v) is 25.1. The zero-order valence-electron chi connectivity index (χ0n) is 79.9. The molecule has 1 N–H and O–H groups in total. The molecule has 0 saturated heterocycles. The van der Waals surface area contributed by atoms with Crippen molar-refractivity contribution in [2.45, 2.75) is 226 Å². The Morgan fingerprint density at radius 2 is 0.522 bits per heavy atom. The maximum Gasteiger partial charge on any atom is 0.500 e. The molecule has 0 spiro atoms. The number of nitrogens with one attached hydrogen (secondary N) is 1. The molecule has 0 amide bonds. The molecule has 0 aliphatic carbocycles. The number of nitrogens with zero attached hydrogens (tertiary/aromatic N) is 1. The van der Waals surface area contributed by atoms with Crippen LogP contribution in [0.2, 0.25) is 48.9 Å². The Kier molecular flexibility index (Phi) is 104. The highest BCUT2D eigenvalue weighted by molar-refractivity contribution is 6.66. The smallest absolute Gasteiger partial charge is 0.398 e. The Hall–Kier alpha value is 0.318.